The number of hydrazine groups is 1. The third kappa shape index (κ3) is 0.669. The summed E-state index contributed by atoms with van der Waals surface area (Å²) < 4.78 is 0. The summed E-state index contributed by atoms with van der Waals surface area (Å²) in [4.78, 5) is 3.85. The predicted octanol–water partition coefficient (Wildman–Crippen LogP) is -0.209. The topological polar surface area (TPSA) is 36.4 Å². The Bertz CT molecular complexity index is 210. The zero-order valence-electron chi connectivity index (χ0n) is 4.89. The Hall–Kier alpha value is -1.05. The van der Waals surface area contributed by atoms with Crippen LogP contribution in [0, 0.1) is 5.92 Å². The van der Waals surface area contributed by atoms with E-state index < -0.39 is 0 Å². The van der Waals surface area contributed by atoms with Crippen LogP contribution in [0.3, 0.4) is 0 Å². The maximum Gasteiger partial charge on any atom is 0.0578 e. The Balaban J connectivity index is 2.35. The quantitative estimate of drug-likeness (QED) is 0.465. The molecule has 0 spiro atoms. The molecular weight excluding hydrogens is 114 g/mol. The average Bonchev–Trinajstić information content (AvgIpc) is 2.33. The maximum absolute atomic E-state index is 3.85. The molecule has 0 aromatic carbocycles. The molecule has 0 aliphatic carbocycles. The second-order valence-electron chi connectivity index (χ2n) is 2.12. The second-order valence-corrected chi connectivity index (χ2v) is 2.12. The lowest BCUT2D eigenvalue weighted by Gasteiger charge is -2.02. The van der Waals surface area contributed by atoms with Crippen LogP contribution in [0.25, 0.3) is 0 Å². The largest absolute Gasteiger partial charge is 0.323 e. The Morgan fingerprint density at radius 1 is 1.78 bits per heavy atom. The van der Waals surface area contributed by atoms with Crippen molar-refractivity contribution in [2.75, 3.05) is 6.54 Å². The number of hydrogen-bond acceptors (Lipinski definition) is 3. The highest BCUT2D eigenvalue weighted by Crippen LogP contribution is 2.13. The molecule has 0 saturated carbocycles. The first-order valence-electron chi connectivity index (χ1n) is 2.94. The minimum Gasteiger partial charge on any atom is -0.323 e. The van der Waals surface area contributed by atoms with Gasteiger partial charge in [-0.05, 0) is 11.9 Å². The van der Waals surface area contributed by atoms with Gasteiger partial charge in [-0.1, -0.05) is 0 Å². The molecule has 9 heavy (non-hydrogen) atoms. The van der Waals surface area contributed by atoms with Crippen molar-refractivity contribution in [1.29, 1.82) is 0 Å². The lowest BCUT2D eigenvalue weighted by Crippen LogP contribution is -2.20. The molecule has 2 rings (SSSR count). The molecule has 0 radical (unpaired) electrons. The number of aliphatic imine (C=N–C) groups is 1. The summed E-state index contributed by atoms with van der Waals surface area (Å²) in [5.41, 5.74) is 7.17. The van der Waals surface area contributed by atoms with Gasteiger partial charge in [0.15, 0.2) is 0 Å². The van der Waals surface area contributed by atoms with Gasteiger partial charge in [0.1, 0.15) is 0 Å². The molecular formula is C6H7N3. The number of nitrogens with one attached hydrogen (secondary N) is 2. The van der Waals surface area contributed by atoms with Crippen LogP contribution in [0.5, 0.6) is 0 Å². The number of fused-ring (bicyclic) bond motifs is 1. The monoisotopic (exact) mass is 121 g/mol. The van der Waals surface area contributed by atoms with E-state index >= 15 is 0 Å². The lowest BCUT2D eigenvalue weighted by molar-refractivity contribution is 0.708. The van der Waals surface area contributed by atoms with E-state index in [-0.39, 0.29) is 0 Å². The minimum absolute atomic E-state index is 0.475. The second kappa shape index (κ2) is 1.72. The van der Waals surface area contributed by atoms with E-state index in [4.69, 9.17) is 0 Å². The van der Waals surface area contributed by atoms with Crippen molar-refractivity contribution in [3.63, 3.8) is 0 Å². The molecule has 1 fully saturated rings. The fourth-order valence-electron chi connectivity index (χ4n) is 0.982. The zero-order chi connectivity index (χ0) is 6.10. The summed E-state index contributed by atoms with van der Waals surface area (Å²) in [6, 6.07) is 0. The van der Waals surface area contributed by atoms with Gasteiger partial charge >= 0.3 is 0 Å². The molecule has 0 aromatic heterocycles. The SMILES string of the molecule is C1=CC2CNNC2=CN=1. The fraction of sp³-hybridized carbons (Fsp3) is 0.333. The van der Waals surface area contributed by atoms with Crippen LogP contribution in [0.15, 0.2) is 23.0 Å². The summed E-state index contributed by atoms with van der Waals surface area (Å²) in [5, 5.41) is 0. The molecule has 2 aliphatic rings. The molecule has 1 unspecified atom stereocenters. The molecule has 0 bridgehead atoms. The summed E-state index contributed by atoms with van der Waals surface area (Å²) in [7, 11) is 0. The summed E-state index contributed by atoms with van der Waals surface area (Å²) in [6.07, 6.45) is 3.76. The summed E-state index contributed by atoms with van der Waals surface area (Å²) in [5.74, 6) is 3.27. The normalized spacial score (nSPS) is 29.3. The van der Waals surface area contributed by atoms with Gasteiger partial charge in [-0.15, -0.1) is 0 Å². The van der Waals surface area contributed by atoms with E-state index in [0.717, 1.165) is 12.2 Å². The van der Waals surface area contributed by atoms with Crippen LogP contribution in [-0.4, -0.2) is 12.4 Å². The Kier molecular flexibility index (Phi) is 0.918. The van der Waals surface area contributed by atoms with Crippen molar-refractivity contribution in [2.24, 2.45) is 10.9 Å². The first kappa shape index (κ1) is 4.79. The molecule has 1 saturated heterocycles. The van der Waals surface area contributed by atoms with Crippen LogP contribution in [0.4, 0.5) is 0 Å². The maximum atomic E-state index is 3.85. The van der Waals surface area contributed by atoms with Gasteiger partial charge in [0, 0.05) is 12.5 Å². The lowest BCUT2D eigenvalue weighted by atomic mass is 10.1. The zero-order valence-corrected chi connectivity index (χ0v) is 4.89. The minimum atomic E-state index is 0.475. The van der Waals surface area contributed by atoms with Crippen molar-refractivity contribution in [3.8, 4) is 0 Å². The van der Waals surface area contributed by atoms with Gasteiger partial charge in [-0.25, -0.2) is 10.4 Å². The molecule has 1 atom stereocenters. The Morgan fingerprint density at radius 3 is 3.67 bits per heavy atom. The van der Waals surface area contributed by atoms with Crippen LogP contribution >= 0.6 is 0 Å². The molecule has 3 nitrogen and oxygen atoms in total. The van der Waals surface area contributed by atoms with Gasteiger partial charge < -0.3 is 5.43 Å². The molecule has 46 valence electrons. The Morgan fingerprint density at radius 2 is 2.78 bits per heavy atom. The van der Waals surface area contributed by atoms with Gasteiger partial charge in [0.25, 0.3) is 0 Å². The summed E-state index contributed by atoms with van der Waals surface area (Å²) >= 11 is 0. The number of nitrogens with zero attached hydrogens (tertiary/aromatic N) is 1. The standard InChI is InChI=1S/C6H7N3/c1-2-7-4-6-5(1)3-8-9-6/h1,4-5,8-9H,3H2. The third-order valence-corrected chi connectivity index (χ3v) is 1.51. The average molecular weight is 121 g/mol. The van der Waals surface area contributed by atoms with Crippen molar-refractivity contribution >= 4 is 5.87 Å². The van der Waals surface area contributed by atoms with E-state index in [0.29, 0.717) is 5.92 Å². The first-order valence-corrected chi connectivity index (χ1v) is 2.94. The van der Waals surface area contributed by atoms with E-state index in [9.17, 15) is 0 Å². The predicted molar refractivity (Wildman–Crippen MR) is 34.7 cm³/mol. The van der Waals surface area contributed by atoms with Crippen molar-refractivity contribution in [1.82, 2.24) is 10.9 Å². The van der Waals surface area contributed by atoms with Crippen molar-refractivity contribution < 1.29 is 0 Å². The molecule has 3 heteroatoms. The Labute approximate surface area is 53.1 Å². The highest BCUT2D eigenvalue weighted by atomic mass is 15.4. The molecule has 2 aliphatic heterocycles. The molecule has 0 aromatic rings. The smallest absolute Gasteiger partial charge is 0.0578 e. The van der Waals surface area contributed by atoms with E-state index in [1.807, 2.05) is 6.08 Å². The molecule has 0 amide bonds. The van der Waals surface area contributed by atoms with Crippen LogP contribution in [-0.2, 0) is 0 Å². The van der Waals surface area contributed by atoms with Gasteiger partial charge in [-0.2, -0.15) is 0 Å². The first-order chi connectivity index (χ1) is 4.47. The van der Waals surface area contributed by atoms with Crippen LogP contribution in [0.2, 0.25) is 0 Å². The van der Waals surface area contributed by atoms with Crippen LogP contribution < -0.4 is 10.9 Å². The van der Waals surface area contributed by atoms with Crippen LogP contribution in [0.1, 0.15) is 0 Å². The van der Waals surface area contributed by atoms with E-state index in [1.54, 1.807) is 6.20 Å². The summed E-state index contributed by atoms with van der Waals surface area (Å²) in [6.45, 7) is 0.953. The van der Waals surface area contributed by atoms with E-state index in [2.05, 4.69) is 21.7 Å². The van der Waals surface area contributed by atoms with E-state index in [1.165, 1.54) is 0 Å². The molecule has 2 N–H and O–H groups in total. The highest BCUT2D eigenvalue weighted by Gasteiger charge is 2.18. The molecule has 2 heterocycles. The number of hydrogen-bond donors (Lipinski definition) is 2. The van der Waals surface area contributed by atoms with Gasteiger partial charge in [-0.3, -0.25) is 0 Å². The third-order valence-electron chi connectivity index (χ3n) is 1.51. The fourth-order valence-corrected chi connectivity index (χ4v) is 0.982. The van der Waals surface area contributed by atoms with Crippen molar-refractivity contribution in [3.05, 3.63) is 18.0 Å². The van der Waals surface area contributed by atoms with Crippen molar-refractivity contribution in [2.45, 2.75) is 0 Å². The number of rotatable bonds is 0. The highest BCUT2D eigenvalue weighted by molar-refractivity contribution is 5.56. The van der Waals surface area contributed by atoms with Gasteiger partial charge in [0.05, 0.1) is 11.9 Å². The van der Waals surface area contributed by atoms with Gasteiger partial charge in [0.2, 0.25) is 0 Å².